The maximum absolute atomic E-state index is 2.47. The molecule has 4 bridgehead atoms. The summed E-state index contributed by atoms with van der Waals surface area (Å²) in [6, 6.07) is 18.2. The zero-order valence-electron chi connectivity index (χ0n) is 17.1. The summed E-state index contributed by atoms with van der Waals surface area (Å²) in [7, 11) is 2.26. The smallest absolute Gasteiger partial charge is 0.0446 e. The number of hydrogen-bond acceptors (Lipinski definition) is 1. The second kappa shape index (κ2) is 6.40. The van der Waals surface area contributed by atoms with Gasteiger partial charge in [0.1, 0.15) is 0 Å². The Morgan fingerprint density at radius 1 is 0.815 bits per heavy atom. The molecule has 4 saturated carbocycles. The van der Waals surface area contributed by atoms with Crippen molar-refractivity contribution >= 4 is 11.4 Å². The van der Waals surface area contributed by atoms with Crippen molar-refractivity contribution in [2.24, 2.45) is 23.7 Å². The van der Waals surface area contributed by atoms with E-state index in [2.05, 4.69) is 74.3 Å². The summed E-state index contributed by atoms with van der Waals surface area (Å²) in [4.78, 5) is 2.45. The lowest BCUT2D eigenvalue weighted by Gasteiger charge is -2.62. The molecule has 1 nitrogen and oxygen atoms in total. The lowest BCUT2D eigenvalue weighted by molar-refractivity contribution is -0.0626. The second-order valence-electron chi connectivity index (χ2n) is 9.56. The zero-order valence-corrected chi connectivity index (χ0v) is 17.1. The third-order valence-corrected chi connectivity index (χ3v) is 8.42. The zero-order chi connectivity index (χ0) is 18.6. The first-order valence-electron chi connectivity index (χ1n) is 11.0. The SMILES string of the molecule is CCC1(c2ccccc2N(C)c2ccccc2C)C2CC3CC(C2)CC1C3. The van der Waals surface area contributed by atoms with Crippen LogP contribution < -0.4 is 4.90 Å². The quantitative estimate of drug-likeness (QED) is 0.576. The van der Waals surface area contributed by atoms with Crippen molar-refractivity contribution in [3.63, 3.8) is 0 Å². The molecular formula is C26H33N. The number of nitrogens with zero attached hydrogens (tertiary/aromatic N) is 1. The molecular weight excluding hydrogens is 326 g/mol. The molecule has 4 aliphatic rings. The van der Waals surface area contributed by atoms with Gasteiger partial charge in [-0.15, -0.1) is 0 Å². The van der Waals surface area contributed by atoms with E-state index in [0.717, 1.165) is 23.7 Å². The molecule has 0 saturated heterocycles. The highest BCUT2D eigenvalue weighted by atomic mass is 15.1. The Morgan fingerprint density at radius 2 is 1.37 bits per heavy atom. The van der Waals surface area contributed by atoms with Crippen molar-refractivity contribution in [3.8, 4) is 0 Å². The van der Waals surface area contributed by atoms with Crippen molar-refractivity contribution < 1.29 is 0 Å². The first kappa shape index (κ1) is 17.3. The van der Waals surface area contributed by atoms with Gasteiger partial charge >= 0.3 is 0 Å². The number of benzene rings is 2. The van der Waals surface area contributed by atoms with Crippen LogP contribution in [0.25, 0.3) is 0 Å². The molecule has 2 aromatic rings. The van der Waals surface area contributed by atoms with E-state index in [4.69, 9.17) is 0 Å². The average molecular weight is 360 g/mol. The highest BCUT2D eigenvalue weighted by Crippen LogP contribution is 2.65. The Morgan fingerprint density at radius 3 is 1.96 bits per heavy atom. The van der Waals surface area contributed by atoms with Gasteiger partial charge in [0.15, 0.2) is 0 Å². The third kappa shape index (κ3) is 2.50. The molecule has 0 radical (unpaired) electrons. The van der Waals surface area contributed by atoms with Gasteiger partial charge < -0.3 is 4.90 Å². The number of anilines is 2. The normalized spacial score (nSPS) is 34.0. The predicted molar refractivity (Wildman–Crippen MR) is 115 cm³/mol. The van der Waals surface area contributed by atoms with Gasteiger partial charge in [-0.25, -0.2) is 0 Å². The molecule has 2 aromatic carbocycles. The minimum Gasteiger partial charge on any atom is -0.344 e. The van der Waals surface area contributed by atoms with Gasteiger partial charge in [-0.05, 0) is 92.4 Å². The average Bonchev–Trinajstić information content (AvgIpc) is 2.68. The largest absolute Gasteiger partial charge is 0.344 e. The topological polar surface area (TPSA) is 3.24 Å². The molecule has 4 aliphatic carbocycles. The van der Waals surface area contributed by atoms with E-state index in [1.54, 1.807) is 5.56 Å². The molecule has 0 aliphatic heterocycles. The summed E-state index contributed by atoms with van der Waals surface area (Å²) in [6.45, 7) is 4.69. The van der Waals surface area contributed by atoms with Crippen LogP contribution in [0.1, 0.15) is 56.6 Å². The summed E-state index contributed by atoms with van der Waals surface area (Å²) < 4.78 is 0. The number of hydrogen-bond donors (Lipinski definition) is 0. The number of para-hydroxylation sites is 2. The Bertz CT molecular complexity index is 808. The van der Waals surface area contributed by atoms with Crippen LogP contribution in [0, 0.1) is 30.6 Å². The fourth-order valence-electron chi connectivity index (χ4n) is 7.46. The number of rotatable bonds is 4. The molecule has 0 heterocycles. The van der Waals surface area contributed by atoms with E-state index >= 15 is 0 Å². The monoisotopic (exact) mass is 359 g/mol. The fourth-order valence-corrected chi connectivity index (χ4v) is 7.46. The highest BCUT2D eigenvalue weighted by Gasteiger charge is 2.57. The van der Waals surface area contributed by atoms with Crippen molar-refractivity contribution in [2.45, 2.75) is 57.8 Å². The lowest BCUT2D eigenvalue weighted by Crippen LogP contribution is -2.55. The number of aryl methyl sites for hydroxylation is 1. The molecule has 4 fully saturated rings. The first-order valence-corrected chi connectivity index (χ1v) is 11.0. The maximum Gasteiger partial charge on any atom is 0.0446 e. The van der Waals surface area contributed by atoms with Crippen LogP contribution in [0.3, 0.4) is 0 Å². The van der Waals surface area contributed by atoms with Crippen LogP contribution in [-0.2, 0) is 5.41 Å². The standard InChI is InChI=1S/C26H33N/c1-4-26(21-14-19-13-20(16-21)17-22(26)15-19)23-10-6-8-12-25(23)27(3)24-11-7-5-9-18(24)2/h5-12,19-22H,4,13-17H2,1-3H3. The van der Waals surface area contributed by atoms with Crippen molar-refractivity contribution in [1.29, 1.82) is 0 Å². The summed E-state index contributed by atoms with van der Waals surface area (Å²) >= 11 is 0. The highest BCUT2D eigenvalue weighted by molar-refractivity contribution is 5.70. The van der Waals surface area contributed by atoms with E-state index in [1.807, 2.05) is 0 Å². The summed E-state index contributed by atoms with van der Waals surface area (Å²) in [5.41, 5.74) is 6.14. The Balaban J connectivity index is 1.63. The van der Waals surface area contributed by atoms with E-state index in [-0.39, 0.29) is 0 Å². The van der Waals surface area contributed by atoms with Gasteiger partial charge in [0.2, 0.25) is 0 Å². The van der Waals surface area contributed by atoms with Gasteiger partial charge in [0.25, 0.3) is 0 Å². The van der Waals surface area contributed by atoms with E-state index in [0.29, 0.717) is 5.41 Å². The van der Waals surface area contributed by atoms with Crippen molar-refractivity contribution in [2.75, 3.05) is 11.9 Å². The van der Waals surface area contributed by atoms with Crippen molar-refractivity contribution in [1.82, 2.24) is 0 Å². The summed E-state index contributed by atoms with van der Waals surface area (Å²) in [5, 5.41) is 0. The van der Waals surface area contributed by atoms with E-state index in [9.17, 15) is 0 Å². The molecule has 6 rings (SSSR count). The third-order valence-electron chi connectivity index (χ3n) is 8.42. The van der Waals surface area contributed by atoms with Gasteiger partial charge in [0, 0.05) is 23.8 Å². The molecule has 0 atom stereocenters. The molecule has 0 aromatic heterocycles. The van der Waals surface area contributed by atoms with Gasteiger partial charge in [-0.2, -0.15) is 0 Å². The maximum atomic E-state index is 2.47. The molecule has 0 amide bonds. The summed E-state index contributed by atoms with van der Waals surface area (Å²) in [6.07, 6.45) is 8.72. The second-order valence-corrected chi connectivity index (χ2v) is 9.56. The van der Waals surface area contributed by atoms with Crippen LogP contribution in [0.15, 0.2) is 48.5 Å². The van der Waals surface area contributed by atoms with E-state index < -0.39 is 0 Å². The molecule has 142 valence electrons. The first-order chi connectivity index (χ1) is 13.1. The molecule has 0 unspecified atom stereocenters. The van der Waals surface area contributed by atoms with E-state index in [1.165, 1.54) is 55.5 Å². The summed E-state index contributed by atoms with van der Waals surface area (Å²) in [5.74, 6) is 3.83. The van der Waals surface area contributed by atoms with Gasteiger partial charge in [-0.3, -0.25) is 0 Å². The minimum absolute atomic E-state index is 0.390. The fraction of sp³-hybridized carbons (Fsp3) is 0.538. The van der Waals surface area contributed by atoms with Crippen LogP contribution in [-0.4, -0.2) is 7.05 Å². The molecule has 0 spiro atoms. The van der Waals surface area contributed by atoms with Crippen LogP contribution in [0.4, 0.5) is 11.4 Å². The lowest BCUT2D eigenvalue weighted by atomic mass is 9.43. The van der Waals surface area contributed by atoms with Crippen molar-refractivity contribution in [3.05, 3.63) is 59.7 Å². The molecule has 27 heavy (non-hydrogen) atoms. The predicted octanol–water partition coefficient (Wildman–Crippen LogP) is 6.87. The van der Waals surface area contributed by atoms with Crippen LogP contribution in [0.2, 0.25) is 0 Å². The van der Waals surface area contributed by atoms with Gasteiger partial charge in [-0.1, -0.05) is 43.3 Å². The Kier molecular flexibility index (Phi) is 4.11. The molecule has 1 heteroatoms. The Hall–Kier alpha value is -1.76. The Labute approximate surface area is 164 Å². The van der Waals surface area contributed by atoms with Crippen LogP contribution in [0.5, 0.6) is 0 Å². The van der Waals surface area contributed by atoms with Gasteiger partial charge in [0.05, 0.1) is 0 Å². The molecule has 0 N–H and O–H groups in total. The van der Waals surface area contributed by atoms with Crippen LogP contribution >= 0.6 is 0 Å². The minimum atomic E-state index is 0.390.